The van der Waals surface area contributed by atoms with Crippen molar-refractivity contribution in [2.24, 2.45) is 5.73 Å². The zero-order valence-electron chi connectivity index (χ0n) is 10.4. The number of esters is 1. The van der Waals surface area contributed by atoms with Crippen LogP contribution in [0.1, 0.15) is 38.5 Å². The summed E-state index contributed by atoms with van der Waals surface area (Å²) in [6.45, 7) is 0.967. The molecule has 1 rings (SSSR count). The molecule has 0 heterocycles. The summed E-state index contributed by atoms with van der Waals surface area (Å²) >= 11 is 0. The van der Waals surface area contributed by atoms with E-state index in [9.17, 15) is 4.79 Å². The average molecular weight is 228 g/mol. The van der Waals surface area contributed by atoms with Crippen molar-refractivity contribution in [1.29, 1.82) is 0 Å². The van der Waals surface area contributed by atoms with Crippen LogP contribution in [-0.2, 0) is 9.53 Å². The molecule has 0 bridgehead atoms. The molecule has 0 aromatic heterocycles. The Labute approximate surface area is 98.1 Å². The first-order valence-electron chi connectivity index (χ1n) is 6.16. The largest absolute Gasteiger partial charge is 0.469 e. The zero-order chi connectivity index (χ0) is 12.0. The molecule has 1 aliphatic rings. The van der Waals surface area contributed by atoms with Gasteiger partial charge in [0.15, 0.2) is 0 Å². The highest BCUT2D eigenvalue weighted by atomic mass is 16.5. The van der Waals surface area contributed by atoms with E-state index in [-0.39, 0.29) is 5.97 Å². The van der Waals surface area contributed by atoms with E-state index >= 15 is 0 Å². The van der Waals surface area contributed by atoms with Gasteiger partial charge in [-0.05, 0) is 45.7 Å². The Hall–Kier alpha value is -0.610. The molecule has 0 unspecified atom stereocenters. The van der Waals surface area contributed by atoms with Crippen LogP contribution in [0, 0.1) is 0 Å². The molecule has 0 aliphatic heterocycles. The lowest BCUT2D eigenvalue weighted by atomic mass is 9.91. The van der Waals surface area contributed by atoms with Gasteiger partial charge in [-0.15, -0.1) is 0 Å². The fourth-order valence-electron chi connectivity index (χ4n) is 2.30. The molecule has 0 aromatic rings. The minimum atomic E-state index is -0.112. The third kappa shape index (κ3) is 4.49. The second kappa shape index (κ2) is 6.86. The topological polar surface area (TPSA) is 55.6 Å². The van der Waals surface area contributed by atoms with Gasteiger partial charge < -0.3 is 15.4 Å². The van der Waals surface area contributed by atoms with Crippen molar-refractivity contribution in [2.45, 2.75) is 50.6 Å². The van der Waals surface area contributed by atoms with Gasteiger partial charge in [-0.1, -0.05) is 0 Å². The fourth-order valence-corrected chi connectivity index (χ4v) is 2.30. The Morgan fingerprint density at radius 2 is 2.00 bits per heavy atom. The molecular formula is C12H24N2O2. The molecule has 0 saturated heterocycles. The number of carbonyl (C=O) groups excluding carboxylic acids is 1. The normalized spacial score (nSPS) is 25.8. The third-order valence-electron chi connectivity index (χ3n) is 3.48. The lowest BCUT2D eigenvalue weighted by Gasteiger charge is -2.33. The molecule has 0 radical (unpaired) electrons. The predicted octanol–water partition coefficient (Wildman–Crippen LogP) is 1.14. The van der Waals surface area contributed by atoms with E-state index < -0.39 is 0 Å². The van der Waals surface area contributed by atoms with E-state index in [4.69, 9.17) is 5.73 Å². The van der Waals surface area contributed by atoms with Crippen LogP contribution in [0.5, 0.6) is 0 Å². The SMILES string of the molecule is COC(=O)CCCN(C)C1CCC(N)CC1. The molecular weight excluding hydrogens is 204 g/mol. The van der Waals surface area contributed by atoms with Gasteiger partial charge in [0, 0.05) is 18.5 Å². The summed E-state index contributed by atoms with van der Waals surface area (Å²) in [6, 6.07) is 1.05. The van der Waals surface area contributed by atoms with Crippen molar-refractivity contribution in [3.8, 4) is 0 Å². The maximum absolute atomic E-state index is 11.0. The van der Waals surface area contributed by atoms with Gasteiger partial charge in [0.2, 0.25) is 0 Å². The van der Waals surface area contributed by atoms with Crippen LogP contribution in [0.15, 0.2) is 0 Å². The molecule has 0 amide bonds. The second-order valence-electron chi connectivity index (χ2n) is 4.73. The van der Waals surface area contributed by atoms with Crippen molar-refractivity contribution in [3.05, 3.63) is 0 Å². The smallest absolute Gasteiger partial charge is 0.305 e. The Bertz CT molecular complexity index is 213. The van der Waals surface area contributed by atoms with Crippen LogP contribution in [-0.4, -0.2) is 43.7 Å². The number of nitrogens with two attached hydrogens (primary N) is 1. The maximum atomic E-state index is 11.0. The maximum Gasteiger partial charge on any atom is 0.305 e. The fraction of sp³-hybridized carbons (Fsp3) is 0.917. The van der Waals surface area contributed by atoms with Crippen LogP contribution in [0.3, 0.4) is 0 Å². The van der Waals surface area contributed by atoms with Crippen molar-refractivity contribution in [2.75, 3.05) is 20.7 Å². The van der Waals surface area contributed by atoms with E-state index in [1.54, 1.807) is 0 Å². The van der Waals surface area contributed by atoms with Crippen molar-refractivity contribution in [1.82, 2.24) is 4.90 Å². The lowest BCUT2D eigenvalue weighted by molar-refractivity contribution is -0.140. The van der Waals surface area contributed by atoms with Crippen LogP contribution in [0.2, 0.25) is 0 Å². The predicted molar refractivity (Wildman–Crippen MR) is 64.1 cm³/mol. The highest BCUT2D eigenvalue weighted by Crippen LogP contribution is 2.21. The first-order valence-corrected chi connectivity index (χ1v) is 6.16. The minimum Gasteiger partial charge on any atom is -0.469 e. The average Bonchev–Trinajstić information content (AvgIpc) is 2.29. The quantitative estimate of drug-likeness (QED) is 0.717. The molecule has 1 saturated carbocycles. The summed E-state index contributed by atoms with van der Waals surface area (Å²) in [4.78, 5) is 13.3. The van der Waals surface area contributed by atoms with Crippen LogP contribution in [0.25, 0.3) is 0 Å². The molecule has 0 atom stereocenters. The lowest BCUT2D eigenvalue weighted by Crippen LogP contribution is -2.39. The molecule has 2 N–H and O–H groups in total. The molecule has 4 nitrogen and oxygen atoms in total. The van der Waals surface area contributed by atoms with Gasteiger partial charge in [0.05, 0.1) is 7.11 Å². The summed E-state index contributed by atoms with van der Waals surface area (Å²) in [6.07, 6.45) is 6.04. The van der Waals surface area contributed by atoms with Gasteiger partial charge in [0.25, 0.3) is 0 Å². The summed E-state index contributed by atoms with van der Waals surface area (Å²) in [7, 11) is 3.58. The summed E-state index contributed by atoms with van der Waals surface area (Å²) < 4.78 is 4.62. The monoisotopic (exact) mass is 228 g/mol. The number of nitrogens with zero attached hydrogens (tertiary/aromatic N) is 1. The number of carbonyl (C=O) groups is 1. The molecule has 0 aromatic carbocycles. The molecule has 1 fully saturated rings. The number of ether oxygens (including phenoxy) is 1. The van der Waals surface area contributed by atoms with Crippen molar-refractivity contribution in [3.63, 3.8) is 0 Å². The molecule has 94 valence electrons. The van der Waals surface area contributed by atoms with Gasteiger partial charge in [0.1, 0.15) is 0 Å². The summed E-state index contributed by atoms with van der Waals surface area (Å²) in [5.41, 5.74) is 5.88. The van der Waals surface area contributed by atoms with E-state index in [0.717, 1.165) is 25.8 Å². The molecule has 1 aliphatic carbocycles. The Balaban J connectivity index is 2.14. The molecule has 0 spiro atoms. The Morgan fingerprint density at radius 3 is 2.56 bits per heavy atom. The summed E-state index contributed by atoms with van der Waals surface area (Å²) in [5, 5.41) is 0. The van der Waals surface area contributed by atoms with E-state index in [2.05, 4.69) is 16.7 Å². The van der Waals surface area contributed by atoms with Gasteiger partial charge in [-0.2, -0.15) is 0 Å². The highest BCUT2D eigenvalue weighted by Gasteiger charge is 2.21. The van der Waals surface area contributed by atoms with E-state index in [1.165, 1.54) is 20.0 Å². The van der Waals surface area contributed by atoms with Crippen molar-refractivity contribution >= 4 is 5.97 Å². The molecule has 16 heavy (non-hydrogen) atoms. The van der Waals surface area contributed by atoms with Gasteiger partial charge in [-0.3, -0.25) is 4.79 Å². The number of hydrogen-bond donors (Lipinski definition) is 1. The Kier molecular flexibility index (Phi) is 5.77. The molecule has 4 heteroatoms. The Morgan fingerprint density at radius 1 is 1.38 bits per heavy atom. The third-order valence-corrected chi connectivity index (χ3v) is 3.48. The summed E-state index contributed by atoms with van der Waals surface area (Å²) in [5.74, 6) is -0.112. The van der Waals surface area contributed by atoms with Crippen LogP contribution < -0.4 is 5.73 Å². The second-order valence-corrected chi connectivity index (χ2v) is 4.73. The number of hydrogen-bond acceptors (Lipinski definition) is 4. The van der Waals surface area contributed by atoms with Crippen LogP contribution >= 0.6 is 0 Å². The first-order chi connectivity index (χ1) is 7.63. The number of methoxy groups -OCH3 is 1. The van der Waals surface area contributed by atoms with E-state index in [1.807, 2.05) is 0 Å². The highest BCUT2D eigenvalue weighted by molar-refractivity contribution is 5.69. The zero-order valence-corrected chi connectivity index (χ0v) is 10.4. The standard InChI is InChI=1S/C12H24N2O2/c1-14(9-3-4-12(15)16-2)11-7-5-10(13)6-8-11/h10-11H,3-9,13H2,1-2H3. The van der Waals surface area contributed by atoms with Gasteiger partial charge in [-0.25, -0.2) is 0 Å². The first kappa shape index (κ1) is 13.5. The number of rotatable bonds is 5. The minimum absolute atomic E-state index is 0.112. The van der Waals surface area contributed by atoms with Crippen molar-refractivity contribution < 1.29 is 9.53 Å². The van der Waals surface area contributed by atoms with E-state index in [0.29, 0.717) is 18.5 Å². The van der Waals surface area contributed by atoms with Gasteiger partial charge >= 0.3 is 5.97 Å². The van der Waals surface area contributed by atoms with Crippen LogP contribution in [0.4, 0.5) is 0 Å².